The van der Waals surface area contributed by atoms with Crippen molar-refractivity contribution in [1.29, 1.82) is 0 Å². The van der Waals surface area contributed by atoms with Gasteiger partial charge in [-0.25, -0.2) is 4.79 Å². The van der Waals surface area contributed by atoms with Crippen LogP contribution in [0.15, 0.2) is 5.11 Å². The zero-order chi connectivity index (χ0) is 17.8. The van der Waals surface area contributed by atoms with Gasteiger partial charge in [-0.05, 0) is 5.53 Å². The summed E-state index contributed by atoms with van der Waals surface area (Å²) in [5, 5.41) is 53.9. The van der Waals surface area contributed by atoms with E-state index in [1.165, 1.54) is 0 Å². The number of hydrogen-bond donors (Lipinski definition) is 6. The number of aliphatic carboxylic acids is 1. The van der Waals surface area contributed by atoms with E-state index < -0.39 is 61.1 Å². The Morgan fingerprint density at radius 2 is 2.13 bits per heavy atom. The Morgan fingerprint density at radius 3 is 2.61 bits per heavy atom. The second-order valence-electron chi connectivity index (χ2n) is 5.14. The van der Waals surface area contributed by atoms with Crippen molar-refractivity contribution in [3.8, 4) is 0 Å². The molecule has 0 aliphatic carbocycles. The first-order chi connectivity index (χ1) is 10.6. The van der Waals surface area contributed by atoms with Crippen molar-refractivity contribution in [1.82, 2.24) is 5.32 Å². The highest BCUT2D eigenvalue weighted by molar-refractivity contribution is 5.76. The molecule has 0 aromatic heterocycles. The highest BCUT2D eigenvalue weighted by Gasteiger charge is 2.53. The van der Waals surface area contributed by atoms with Crippen molar-refractivity contribution < 1.29 is 39.9 Å². The van der Waals surface area contributed by atoms with Crippen LogP contribution < -0.4 is 5.32 Å². The number of aliphatic hydroxyl groups excluding tert-OH is 3. The molecule has 1 aliphatic heterocycles. The Kier molecular flexibility index (Phi) is 6.27. The van der Waals surface area contributed by atoms with E-state index in [0.717, 1.165) is 6.92 Å². The molecule has 0 saturated carbocycles. The lowest BCUT2D eigenvalue weighted by atomic mass is 9.88. The molecule has 1 rings (SSSR count). The van der Waals surface area contributed by atoms with Crippen molar-refractivity contribution in [2.24, 2.45) is 5.11 Å². The summed E-state index contributed by atoms with van der Waals surface area (Å²) < 4.78 is 4.92. The van der Waals surface area contributed by atoms with Gasteiger partial charge in [-0.1, -0.05) is 5.11 Å². The molecular formula is C11H18N4O8. The Hall–Kier alpha value is -1.95. The van der Waals surface area contributed by atoms with Crippen LogP contribution in [0.3, 0.4) is 0 Å². The predicted molar refractivity (Wildman–Crippen MR) is 71.7 cm³/mol. The van der Waals surface area contributed by atoms with Crippen molar-refractivity contribution >= 4 is 11.9 Å². The number of rotatable bonds is 6. The van der Waals surface area contributed by atoms with Crippen LogP contribution in [-0.2, 0) is 14.3 Å². The van der Waals surface area contributed by atoms with Gasteiger partial charge in [0.05, 0.1) is 24.8 Å². The van der Waals surface area contributed by atoms with Crippen LogP contribution in [0.1, 0.15) is 13.3 Å². The van der Waals surface area contributed by atoms with E-state index in [1.807, 2.05) is 0 Å². The van der Waals surface area contributed by atoms with Gasteiger partial charge in [-0.2, -0.15) is 0 Å². The van der Waals surface area contributed by atoms with Gasteiger partial charge in [-0.15, -0.1) is 0 Å². The number of azide groups is 1. The van der Waals surface area contributed by atoms with Gasteiger partial charge >= 0.3 is 5.97 Å². The van der Waals surface area contributed by atoms with Crippen molar-refractivity contribution in [2.75, 3.05) is 6.54 Å². The lowest BCUT2D eigenvalue weighted by Crippen LogP contribution is -2.67. The van der Waals surface area contributed by atoms with E-state index in [9.17, 15) is 30.0 Å². The number of carboxylic acid groups (broad SMARTS) is 1. The molecule has 23 heavy (non-hydrogen) atoms. The van der Waals surface area contributed by atoms with Crippen LogP contribution in [0.2, 0.25) is 0 Å². The molecule has 1 fully saturated rings. The summed E-state index contributed by atoms with van der Waals surface area (Å²) in [6.45, 7) is 0.552. The molecule has 1 amide bonds. The second-order valence-corrected chi connectivity index (χ2v) is 5.14. The SMILES string of the molecule is CC(=O)N[C@H]1[C@@H]([C@H](O)[C@@H](O)CN=[N+]=[N-])O[C@@](O)(C(=O)O)C[C@H]1O. The predicted octanol–water partition coefficient (Wildman–Crippen LogP) is -2.55. The topological polar surface area (TPSA) is 205 Å². The molecule has 6 atom stereocenters. The normalized spacial score (nSPS) is 33.2. The van der Waals surface area contributed by atoms with E-state index in [2.05, 4.69) is 15.3 Å². The molecule has 0 spiro atoms. The smallest absolute Gasteiger partial charge is 0.364 e. The number of carbonyl (C=O) groups excluding carboxylic acids is 1. The molecule has 6 N–H and O–H groups in total. The summed E-state index contributed by atoms with van der Waals surface area (Å²) in [7, 11) is 0. The molecule has 0 aromatic carbocycles. The van der Waals surface area contributed by atoms with Gasteiger partial charge < -0.3 is 35.6 Å². The minimum absolute atomic E-state index is 0.564. The summed E-state index contributed by atoms with van der Waals surface area (Å²) in [4.78, 5) is 24.7. The fourth-order valence-electron chi connectivity index (χ4n) is 2.26. The highest BCUT2D eigenvalue weighted by atomic mass is 16.7. The molecule has 0 unspecified atom stereocenters. The van der Waals surface area contributed by atoms with Crippen molar-refractivity contribution in [2.45, 2.75) is 49.6 Å². The Balaban J connectivity index is 3.08. The van der Waals surface area contributed by atoms with E-state index in [0.29, 0.717) is 0 Å². The maximum Gasteiger partial charge on any atom is 0.364 e. The van der Waals surface area contributed by atoms with Gasteiger partial charge in [0.1, 0.15) is 12.2 Å². The fraction of sp³-hybridized carbons (Fsp3) is 0.818. The average molecular weight is 334 g/mol. The third kappa shape index (κ3) is 4.51. The number of ether oxygens (including phenoxy) is 1. The quantitative estimate of drug-likeness (QED) is 0.173. The molecule has 1 heterocycles. The third-order valence-corrected chi connectivity index (χ3v) is 3.35. The number of nitrogens with one attached hydrogen (secondary N) is 1. The standard InChI is InChI=1S/C11H18N4O8/c1-4(16)14-7-5(17)2-11(22,10(20)21)23-9(7)8(19)6(18)3-13-15-12/h5-9,17-19,22H,2-3H2,1H3,(H,14,16)(H,20,21)/t5-,6+,7-,8-,9+,11-/m1/s1. The number of amides is 1. The van der Waals surface area contributed by atoms with E-state index in [4.69, 9.17) is 15.4 Å². The first-order valence-corrected chi connectivity index (χ1v) is 6.58. The van der Waals surface area contributed by atoms with Crippen molar-refractivity contribution in [3.63, 3.8) is 0 Å². The molecule has 0 radical (unpaired) electrons. The minimum Gasteiger partial charge on any atom is -0.477 e. The number of hydrogen-bond acceptors (Lipinski definition) is 8. The zero-order valence-corrected chi connectivity index (χ0v) is 12.1. The van der Waals surface area contributed by atoms with Crippen LogP contribution in [0.25, 0.3) is 10.4 Å². The van der Waals surface area contributed by atoms with Crippen LogP contribution in [0, 0.1) is 0 Å². The summed E-state index contributed by atoms with van der Waals surface area (Å²) in [5.74, 6) is -5.22. The van der Waals surface area contributed by atoms with Gasteiger partial charge in [0.15, 0.2) is 0 Å². The van der Waals surface area contributed by atoms with Crippen LogP contribution in [-0.4, -0.2) is 80.2 Å². The molecule has 0 bridgehead atoms. The second kappa shape index (κ2) is 7.55. The molecule has 130 valence electrons. The Bertz CT molecular complexity index is 510. The van der Waals surface area contributed by atoms with Crippen LogP contribution in [0.5, 0.6) is 0 Å². The molecule has 1 aliphatic rings. The highest BCUT2D eigenvalue weighted by Crippen LogP contribution is 2.30. The van der Waals surface area contributed by atoms with Gasteiger partial charge in [-0.3, -0.25) is 4.79 Å². The van der Waals surface area contributed by atoms with Gasteiger partial charge in [0.2, 0.25) is 5.91 Å². The Labute approximate surface area is 129 Å². The maximum atomic E-state index is 11.2. The molecule has 12 heteroatoms. The first kappa shape index (κ1) is 19.1. The fourth-order valence-corrected chi connectivity index (χ4v) is 2.26. The summed E-state index contributed by atoms with van der Waals surface area (Å²) in [5.41, 5.74) is 8.20. The van der Waals surface area contributed by atoms with Crippen molar-refractivity contribution in [3.05, 3.63) is 10.4 Å². The van der Waals surface area contributed by atoms with Gasteiger partial charge in [0.25, 0.3) is 5.79 Å². The minimum atomic E-state index is -2.81. The molecule has 1 saturated heterocycles. The largest absolute Gasteiger partial charge is 0.477 e. The number of carboxylic acids is 1. The first-order valence-electron chi connectivity index (χ1n) is 6.58. The molecule has 12 nitrogen and oxygen atoms in total. The monoisotopic (exact) mass is 334 g/mol. The Morgan fingerprint density at radius 1 is 1.52 bits per heavy atom. The third-order valence-electron chi connectivity index (χ3n) is 3.35. The number of nitrogens with zero attached hydrogens (tertiary/aromatic N) is 3. The summed E-state index contributed by atoms with van der Waals surface area (Å²) >= 11 is 0. The molecular weight excluding hydrogens is 316 g/mol. The summed E-state index contributed by atoms with van der Waals surface area (Å²) in [6, 6.07) is -1.29. The zero-order valence-electron chi connectivity index (χ0n) is 12.1. The maximum absolute atomic E-state index is 11.2. The lowest BCUT2D eigenvalue weighted by Gasteiger charge is -2.44. The van der Waals surface area contributed by atoms with E-state index in [-0.39, 0.29) is 0 Å². The average Bonchev–Trinajstić information content (AvgIpc) is 2.46. The number of aliphatic hydroxyl groups is 4. The summed E-state index contributed by atoms with van der Waals surface area (Å²) in [6.07, 6.45) is -7.51. The molecule has 0 aromatic rings. The van der Waals surface area contributed by atoms with Gasteiger partial charge in [0, 0.05) is 18.3 Å². The van der Waals surface area contributed by atoms with E-state index >= 15 is 0 Å². The lowest BCUT2D eigenvalue weighted by molar-refractivity contribution is -0.294. The van der Waals surface area contributed by atoms with Crippen LogP contribution in [0.4, 0.5) is 0 Å². The number of carbonyl (C=O) groups is 2. The van der Waals surface area contributed by atoms with Crippen LogP contribution >= 0.6 is 0 Å². The van der Waals surface area contributed by atoms with E-state index in [1.54, 1.807) is 0 Å².